The Morgan fingerprint density at radius 2 is 2.08 bits per heavy atom. The second-order valence-corrected chi connectivity index (χ2v) is 2.31. The molecule has 2 nitrogen and oxygen atoms in total. The minimum Gasteiger partial charge on any atom is -0.462 e. The Bertz CT molecular complexity index is 202. The summed E-state index contributed by atoms with van der Waals surface area (Å²) in [6.45, 7) is 9.23. The van der Waals surface area contributed by atoms with E-state index in [2.05, 4.69) is 13.2 Å². The lowest BCUT2D eigenvalue weighted by atomic mass is 10.2. The number of allylic oxidation sites excluding steroid dienone is 2. The van der Waals surface area contributed by atoms with Crippen LogP contribution in [0.3, 0.4) is 0 Å². The van der Waals surface area contributed by atoms with Crippen LogP contribution in [0.4, 0.5) is 0 Å². The van der Waals surface area contributed by atoms with Gasteiger partial charge in [0.25, 0.3) is 0 Å². The van der Waals surface area contributed by atoms with Crippen LogP contribution in [0.5, 0.6) is 0 Å². The van der Waals surface area contributed by atoms with Crippen molar-refractivity contribution in [1.82, 2.24) is 0 Å². The van der Waals surface area contributed by atoms with Gasteiger partial charge < -0.3 is 4.74 Å². The average Bonchev–Trinajstić information content (AvgIpc) is 2.11. The highest BCUT2D eigenvalue weighted by atomic mass is 16.5. The molecule has 0 rings (SSSR count). The summed E-state index contributed by atoms with van der Waals surface area (Å²) in [4.78, 5) is 10.5. The van der Waals surface area contributed by atoms with Gasteiger partial charge in [-0.05, 0) is 6.92 Å². The topological polar surface area (TPSA) is 26.3 Å². The fourth-order valence-electron chi connectivity index (χ4n) is 0.588. The minimum absolute atomic E-state index is 0.375. The van der Waals surface area contributed by atoms with Crippen LogP contribution in [0.25, 0.3) is 0 Å². The molecule has 12 heavy (non-hydrogen) atoms. The third-order valence-electron chi connectivity index (χ3n) is 1.32. The first kappa shape index (κ1) is 10.7. The highest BCUT2D eigenvalue weighted by Crippen LogP contribution is 1.96. The van der Waals surface area contributed by atoms with Gasteiger partial charge in [-0.15, -0.1) is 0 Å². The summed E-state index contributed by atoms with van der Waals surface area (Å²) in [6, 6.07) is 0. The van der Waals surface area contributed by atoms with Gasteiger partial charge in [0.1, 0.15) is 0 Å². The molecule has 0 radical (unpaired) electrons. The van der Waals surface area contributed by atoms with Gasteiger partial charge in [-0.1, -0.05) is 30.9 Å². The quantitative estimate of drug-likeness (QED) is 0.271. The zero-order valence-electron chi connectivity index (χ0n) is 7.38. The van der Waals surface area contributed by atoms with Crippen LogP contribution in [0, 0.1) is 0 Å². The first-order valence-corrected chi connectivity index (χ1v) is 3.79. The van der Waals surface area contributed by atoms with Crippen molar-refractivity contribution in [3.05, 3.63) is 37.0 Å². The number of hydrogen-bond donors (Lipinski definition) is 0. The van der Waals surface area contributed by atoms with Crippen molar-refractivity contribution in [2.45, 2.75) is 13.3 Å². The van der Waals surface area contributed by atoms with E-state index < -0.39 is 0 Å². The van der Waals surface area contributed by atoms with Crippen molar-refractivity contribution in [2.24, 2.45) is 0 Å². The molecule has 0 heterocycles. The summed E-state index contributed by atoms with van der Waals surface area (Å²) in [6.07, 6.45) is 5.60. The average molecular weight is 166 g/mol. The lowest BCUT2D eigenvalue weighted by Crippen LogP contribution is -2.00. The Hall–Kier alpha value is -1.31. The van der Waals surface area contributed by atoms with Crippen molar-refractivity contribution in [2.75, 3.05) is 6.61 Å². The van der Waals surface area contributed by atoms with Gasteiger partial charge in [-0.3, -0.25) is 0 Å². The van der Waals surface area contributed by atoms with E-state index in [1.54, 1.807) is 6.08 Å². The van der Waals surface area contributed by atoms with Gasteiger partial charge in [0, 0.05) is 12.5 Å². The van der Waals surface area contributed by atoms with E-state index in [0.717, 1.165) is 18.1 Å². The summed E-state index contributed by atoms with van der Waals surface area (Å²) in [7, 11) is 0. The maximum Gasteiger partial charge on any atom is 0.330 e. The molecule has 0 fully saturated rings. The Morgan fingerprint density at radius 3 is 2.58 bits per heavy atom. The SMILES string of the molecule is C=CC(=O)OCC/C=C(\C)C=C. The van der Waals surface area contributed by atoms with Crippen LogP contribution in [0.15, 0.2) is 37.0 Å². The number of carbonyl (C=O) groups excluding carboxylic acids is 1. The molecule has 0 amide bonds. The van der Waals surface area contributed by atoms with E-state index in [-0.39, 0.29) is 5.97 Å². The second-order valence-electron chi connectivity index (χ2n) is 2.31. The molecule has 0 aromatic heterocycles. The van der Waals surface area contributed by atoms with Crippen LogP contribution in [-0.2, 0) is 9.53 Å². The molecule has 66 valence electrons. The number of carbonyl (C=O) groups is 1. The molecule has 0 bridgehead atoms. The van der Waals surface area contributed by atoms with E-state index in [9.17, 15) is 4.79 Å². The highest BCUT2D eigenvalue weighted by Gasteiger charge is 1.92. The van der Waals surface area contributed by atoms with Crippen molar-refractivity contribution in [3.63, 3.8) is 0 Å². The standard InChI is InChI=1S/C10H14O2/c1-4-9(3)7-6-8-12-10(11)5-2/h4-5,7H,1-2,6,8H2,3H3/b9-7+. The zero-order valence-corrected chi connectivity index (χ0v) is 7.38. The molecule has 0 aromatic carbocycles. The fraction of sp³-hybridized carbons (Fsp3) is 0.300. The summed E-state index contributed by atoms with van der Waals surface area (Å²) < 4.78 is 4.75. The van der Waals surface area contributed by atoms with E-state index in [4.69, 9.17) is 4.74 Å². The fourth-order valence-corrected chi connectivity index (χ4v) is 0.588. The lowest BCUT2D eigenvalue weighted by Gasteiger charge is -1.97. The molecule has 0 aromatic rings. The van der Waals surface area contributed by atoms with E-state index >= 15 is 0 Å². The predicted octanol–water partition coefficient (Wildman–Crippen LogP) is 2.24. The Labute approximate surface area is 73.2 Å². The molecule has 0 spiro atoms. The van der Waals surface area contributed by atoms with Crippen LogP contribution in [0.2, 0.25) is 0 Å². The van der Waals surface area contributed by atoms with Gasteiger partial charge in [-0.2, -0.15) is 0 Å². The van der Waals surface area contributed by atoms with Crippen molar-refractivity contribution in [1.29, 1.82) is 0 Å². The second kappa shape index (κ2) is 6.40. The van der Waals surface area contributed by atoms with Crippen molar-refractivity contribution < 1.29 is 9.53 Å². The van der Waals surface area contributed by atoms with E-state index in [1.807, 2.05) is 13.0 Å². The van der Waals surface area contributed by atoms with Gasteiger partial charge in [0.15, 0.2) is 0 Å². The number of esters is 1. The predicted molar refractivity (Wildman–Crippen MR) is 49.7 cm³/mol. The molecule has 2 heteroatoms. The van der Waals surface area contributed by atoms with E-state index in [0.29, 0.717) is 6.61 Å². The molecule has 0 aliphatic heterocycles. The molecular weight excluding hydrogens is 152 g/mol. The van der Waals surface area contributed by atoms with Crippen molar-refractivity contribution in [3.8, 4) is 0 Å². The first-order valence-electron chi connectivity index (χ1n) is 3.79. The van der Waals surface area contributed by atoms with Crippen LogP contribution in [-0.4, -0.2) is 12.6 Å². The van der Waals surface area contributed by atoms with E-state index in [1.165, 1.54) is 0 Å². The lowest BCUT2D eigenvalue weighted by molar-refractivity contribution is -0.137. The van der Waals surface area contributed by atoms with Crippen LogP contribution in [0.1, 0.15) is 13.3 Å². The molecule has 0 saturated heterocycles. The number of ether oxygens (including phenoxy) is 1. The smallest absolute Gasteiger partial charge is 0.330 e. The summed E-state index contributed by atoms with van der Waals surface area (Å²) >= 11 is 0. The molecule has 0 atom stereocenters. The largest absolute Gasteiger partial charge is 0.462 e. The molecule has 0 saturated carbocycles. The third kappa shape index (κ3) is 5.47. The summed E-state index contributed by atoms with van der Waals surface area (Å²) in [5, 5.41) is 0. The van der Waals surface area contributed by atoms with Crippen LogP contribution < -0.4 is 0 Å². The highest BCUT2D eigenvalue weighted by molar-refractivity contribution is 5.81. The molecule has 0 aliphatic carbocycles. The van der Waals surface area contributed by atoms with Crippen molar-refractivity contribution >= 4 is 5.97 Å². The van der Waals surface area contributed by atoms with Gasteiger partial charge in [-0.25, -0.2) is 4.79 Å². The Morgan fingerprint density at radius 1 is 1.42 bits per heavy atom. The Balaban J connectivity index is 3.51. The number of rotatable bonds is 5. The van der Waals surface area contributed by atoms with Gasteiger partial charge in [0.2, 0.25) is 0 Å². The molecule has 0 unspecified atom stereocenters. The van der Waals surface area contributed by atoms with Crippen LogP contribution >= 0.6 is 0 Å². The number of hydrogen-bond acceptors (Lipinski definition) is 2. The molecular formula is C10H14O2. The Kier molecular flexibility index (Phi) is 5.70. The zero-order chi connectivity index (χ0) is 9.40. The molecule has 0 N–H and O–H groups in total. The first-order chi connectivity index (χ1) is 5.70. The maximum absolute atomic E-state index is 10.5. The maximum atomic E-state index is 10.5. The minimum atomic E-state index is -0.375. The third-order valence-corrected chi connectivity index (χ3v) is 1.32. The summed E-state index contributed by atoms with van der Waals surface area (Å²) in [5.41, 5.74) is 1.09. The normalized spacial score (nSPS) is 10.6. The summed E-state index contributed by atoms with van der Waals surface area (Å²) in [5.74, 6) is -0.375. The van der Waals surface area contributed by atoms with Gasteiger partial charge in [0.05, 0.1) is 6.61 Å². The molecule has 0 aliphatic rings. The van der Waals surface area contributed by atoms with Gasteiger partial charge >= 0.3 is 5.97 Å². The monoisotopic (exact) mass is 166 g/mol.